The molecule has 2 aromatic carbocycles. The molecule has 0 spiro atoms. The van der Waals surface area contributed by atoms with Crippen molar-refractivity contribution in [1.29, 1.82) is 0 Å². The monoisotopic (exact) mass is 304 g/mol. The highest BCUT2D eigenvalue weighted by Gasteiger charge is 2.25. The molecule has 1 heteroatoms. The first kappa shape index (κ1) is 15.7. The number of hydrogen-bond acceptors (Lipinski definition) is 1. The van der Waals surface area contributed by atoms with Gasteiger partial charge in [-0.15, -0.1) is 0 Å². The standard InChI is InChI=1S/C22H24O/c1-15(2)12-18-6-4-5-7-19(18)14-21-20-13-16(3)8-9-17(20)10-11-22(21)23/h4-11,13,15,21H,12,14H2,1-3H3. The van der Waals surface area contributed by atoms with E-state index in [0.29, 0.717) is 5.92 Å². The summed E-state index contributed by atoms with van der Waals surface area (Å²) in [5.74, 6) is 0.790. The van der Waals surface area contributed by atoms with Crippen molar-refractivity contribution in [1.82, 2.24) is 0 Å². The van der Waals surface area contributed by atoms with E-state index in [0.717, 1.165) is 12.8 Å². The van der Waals surface area contributed by atoms with Crippen LogP contribution >= 0.6 is 0 Å². The second-order valence-electron chi connectivity index (χ2n) is 6.99. The summed E-state index contributed by atoms with van der Waals surface area (Å²) in [7, 11) is 0. The zero-order valence-corrected chi connectivity index (χ0v) is 14.2. The molecule has 0 aromatic heterocycles. The fourth-order valence-corrected chi connectivity index (χ4v) is 3.42. The molecule has 1 atom stereocenters. The molecule has 0 radical (unpaired) electrons. The van der Waals surface area contributed by atoms with Gasteiger partial charge in [0.1, 0.15) is 0 Å². The third kappa shape index (κ3) is 3.44. The fourth-order valence-electron chi connectivity index (χ4n) is 3.42. The Kier molecular flexibility index (Phi) is 4.47. The van der Waals surface area contributed by atoms with E-state index in [-0.39, 0.29) is 11.7 Å². The van der Waals surface area contributed by atoms with Crippen molar-refractivity contribution in [3.63, 3.8) is 0 Å². The summed E-state index contributed by atoms with van der Waals surface area (Å²) < 4.78 is 0. The lowest BCUT2D eigenvalue weighted by Crippen LogP contribution is -2.18. The minimum Gasteiger partial charge on any atom is -0.294 e. The molecule has 0 aliphatic heterocycles. The van der Waals surface area contributed by atoms with Gasteiger partial charge in [0.15, 0.2) is 5.78 Å². The second kappa shape index (κ2) is 6.54. The number of rotatable bonds is 4. The number of benzene rings is 2. The summed E-state index contributed by atoms with van der Waals surface area (Å²) in [5.41, 5.74) is 6.26. The lowest BCUT2D eigenvalue weighted by atomic mass is 9.80. The van der Waals surface area contributed by atoms with E-state index in [4.69, 9.17) is 0 Å². The molecule has 1 unspecified atom stereocenters. The molecule has 23 heavy (non-hydrogen) atoms. The minimum absolute atomic E-state index is 0.0526. The highest BCUT2D eigenvalue weighted by Crippen LogP contribution is 2.32. The summed E-state index contributed by atoms with van der Waals surface area (Å²) in [6.45, 7) is 6.57. The largest absolute Gasteiger partial charge is 0.294 e. The van der Waals surface area contributed by atoms with Crippen LogP contribution in [-0.4, -0.2) is 5.78 Å². The van der Waals surface area contributed by atoms with Crippen LogP contribution in [0, 0.1) is 12.8 Å². The van der Waals surface area contributed by atoms with Gasteiger partial charge in [-0.1, -0.05) is 68.0 Å². The predicted octanol–water partition coefficient (Wildman–Crippen LogP) is 5.12. The van der Waals surface area contributed by atoms with Crippen LogP contribution in [0.15, 0.2) is 48.5 Å². The van der Waals surface area contributed by atoms with Gasteiger partial charge in [-0.25, -0.2) is 0 Å². The van der Waals surface area contributed by atoms with Crippen molar-refractivity contribution >= 4 is 11.9 Å². The molecule has 3 rings (SSSR count). The van der Waals surface area contributed by atoms with E-state index in [1.54, 1.807) is 6.08 Å². The minimum atomic E-state index is -0.0526. The van der Waals surface area contributed by atoms with E-state index >= 15 is 0 Å². The smallest absolute Gasteiger partial charge is 0.163 e. The van der Waals surface area contributed by atoms with Gasteiger partial charge in [0, 0.05) is 0 Å². The fraction of sp³-hybridized carbons (Fsp3) is 0.318. The van der Waals surface area contributed by atoms with E-state index in [9.17, 15) is 4.79 Å². The van der Waals surface area contributed by atoms with Crippen LogP contribution in [0.2, 0.25) is 0 Å². The van der Waals surface area contributed by atoms with Crippen LogP contribution in [0.5, 0.6) is 0 Å². The first-order valence-electron chi connectivity index (χ1n) is 8.44. The maximum atomic E-state index is 12.5. The maximum Gasteiger partial charge on any atom is 0.163 e. The van der Waals surface area contributed by atoms with Gasteiger partial charge < -0.3 is 0 Å². The first-order chi connectivity index (χ1) is 11.0. The van der Waals surface area contributed by atoms with E-state index in [1.807, 2.05) is 6.08 Å². The number of fused-ring (bicyclic) bond motifs is 1. The number of ketones is 1. The highest BCUT2D eigenvalue weighted by atomic mass is 16.1. The Hall–Kier alpha value is -2.15. The molecule has 0 saturated heterocycles. The van der Waals surface area contributed by atoms with Crippen LogP contribution in [0.3, 0.4) is 0 Å². The quantitative estimate of drug-likeness (QED) is 0.766. The Morgan fingerprint density at radius 3 is 2.48 bits per heavy atom. The average Bonchev–Trinajstić information content (AvgIpc) is 2.51. The summed E-state index contributed by atoms with van der Waals surface area (Å²) in [4.78, 5) is 12.5. The summed E-state index contributed by atoms with van der Waals surface area (Å²) in [6, 6.07) is 15.0. The third-order valence-electron chi connectivity index (χ3n) is 4.56. The molecule has 0 saturated carbocycles. The predicted molar refractivity (Wildman–Crippen MR) is 96.6 cm³/mol. The highest BCUT2D eigenvalue weighted by molar-refractivity contribution is 6.02. The number of aryl methyl sites for hydroxylation is 1. The molecular weight excluding hydrogens is 280 g/mol. The molecule has 1 aliphatic rings. The number of carbonyl (C=O) groups is 1. The van der Waals surface area contributed by atoms with E-state index in [2.05, 4.69) is 63.2 Å². The summed E-state index contributed by atoms with van der Waals surface area (Å²) >= 11 is 0. The summed E-state index contributed by atoms with van der Waals surface area (Å²) in [6.07, 6.45) is 5.55. The Labute approximate surface area is 139 Å². The van der Waals surface area contributed by atoms with Gasteiger partial charge in [-0.3, -0.25) is 4.79 Å². The molecule has 1 aliphatic carbocycles. The first-order valence-corrected chi connectivity index (χ1v) is 8.44. The van der Waals surface area contributed by atoms with Gasteiger partial charge >= 0.3 is 0 Å². The third-order valence-corrected chi connectivity index (χ3v) is 4.56. The lowest BCUT2D eigenvalue weighted by Gasteiger charge is -2.23. The molecule has 118 valence electrons. The molecule has 0 amide bonds. The van der Waals surface area contributed by atoms with Crippen molar-refractivity contribution in [3.05, 3.63) is 76.4 Å². The average molecular weight is 304 g/mol. The van der Waals surface area contributed by atoms with Crippen molar-refractivity contribution in [3.8, 4) is 0 Å². The van der Waals surface area contributed by atoms with Crippen molar-refractivity contribution < 1.29 is 4.79 Å². The van der Waals surface area contributed by atoms with Crippen LogP contribution in [-0.2, 0) is 17.6 Å². The Morgan fingerprint density at radius 2 is 1.74 bits per heavy atom. The normalized spacial score (nSPS) is 16.7. The molecule has 0 N–H and O–H groups in total. The zero-order chi connectivity index (χ0) is 16.4. The van der Waals surface area contributed by atoms with Gasteiger partial charge in [-0.2, -0.15) is 0 Å². The van der Waals surface area contributed by atoms with Crippen LogP contribution in [0.4, 0.5) is 0 Å². The van der Waals surface area contributed by atoms with Crippen molar-refractivity contribution in [2.45, 2.75) is 39.5 Å². The zero-order valence-electron chi connectivity index (χ0n) is 14.2. The molecule has 0 bridgehead atoms. The summed E-state index contributed by atoms with van der Waals surface area (Å²) in [5, 5.41) is 0. The topological polar surface area (TPSA) is 17.1 Å². The molecular formula is C22H24O. The Bertz CT molecular complexity index is 752. The van der Waals surface area contributed by atoms with Crippen LogP contribution in [0.25, 0.3) is 6.08 Å². The second-order valence-corrected chi connectivity index (χ2v) is 6.99. The van der Waals surface area contributed by atoms with Crippen LogP contribution in [0.1, 0.15) is 47.6 Å². The molecule has 1 nitrogen and oxygen atoms in total. The Morgan fingerprint density at radius 1 is 1.00 bits per heavy atom. The van der Waals surface area contributed by atoms with Gasteiger partial charge in [0.25, 0.3) is 0 Å². The van der Waals surface area contributed by atoms with E-state index < -0.39 is 0 Å². The number of carbonyl (C=O) groups excluding carboxylic acids is 1. The number of allylic oxidation sites excluding steroid dienone is 1. The SMILES string of the molecule is Cc1ccc2c(c1)C(Cc1ccccc1CC(C)C)C(=O)C=C2. The lowest BCUT2D eigenvalue weighted by molar-refractivity contribution is -0.116. The van der Waals surface area contributed by atoms with E-state index in [1.165, 1.54) is 27.8 Å². The van der Waals surface area contributed by atoms with Crippen LogP contribution < -0.4 is 0 Å². The van der Waals surface area contributed by atoms with Crippen molar-refractivity contribution in [2.24, 2.45) is 5.92 Å². The van der Waals surface area contributed by atoms with Gasteiger partial charge in [0.05, 0.1) is 5.92 Å². The Balaban J connectivity index is 1.96. The van der Waals surface area contributed by atoms with Gasteiger partial charge in [-0.05, 0) is 54.0 Å². The molecule has 0 heterocycles. The number of hydrogen-bond donors (Lipinski definition) is 0. The molecule has 0 fully saturated rings. The van der Waals surface area contributed by atoms with Crippen molar-refractivity contribution in [2.75, 3.05) is 0 Å². The van der Waals surface area contributed by atoms with Gasteiger partial charge in [0.2, 0.25) is 0 Å². The maximum absolute atomic E-state index is 12.5. The molecule has 2 aromatic rings.